The van der Waals surface area contributed by atoms with Crippen molar-refractivity contribution >= 4 is 11.8 Å². The molecule has 120 valence electrons. The molecule has 1 N–H and O–H groups in total. The van der Waals surface area contributed by atoms with Crippen LogP contribution in [0.15, 0.2) is 0 Å². The Hall–Kier alpha value is -1.06. The molecule has 4 heteroatoms. The monoisotopic (exact) mass is 294 g/mol. The molecular formula is C17H30N2O2. The van der Waals surface area contributed by atoms with Gasteiger partial charge in [0.05, 0.1) is 0 Å². The summed E-state index contributed by atoms with van der Waals surface area (Å²) in [7, 11) is 0. The molecule has 3 unspecified atom stereocenters. The van der Waals surface area contributed by atoms with E-state index in [1.165, 1.54) is 0 Å². The van der Waals surface area contributed by atoms with Crippen molar-refractivity contribution in [2.24, 2.45) is 11.8 Å². The van der Waals surface area contributed by atoms with Crippen molar-refractivity contribution in [2.45, 2.75) is 77.8 Å². The topological polar surface area (TPSA) is 49.4 Å². The van der Waals surface area contributed by atoms with Gasteiger partial charge < -0.3 is 10.2 Å². The Morgan fingerprint density at radius 3 is 2.48 bits per heavy atom. The normalized spacial score (nSPS) is 31.2. The van der Waals surface area contributed by atoms with Gasteiger partial charge in [-0.15, -0.1) is 0 Å². The Balaban J connectivity index is 2.19. The van der Waals surface area contributed by atoms with Crippen LogP contribution in [0.5, 0.6) is 0 Å². The highest BCUT2D eigenvalue weighted by molar-refractivity contribution is 6.00. The number of nitrogens with one attached hydrogen (secondary N) is 1. The predicted molar refractivity (Wildman–Crippen MR) is 83.8 cm³/mol. The van der Waals surface area contributed by atoms with Crippen molar-refractivity contribution in [3.8, 4) is 0 Å². The van der Waals surface area contributed by atoms with Gasteiger partial charge in [-0.05, 0) is 44.4 Å². The van der Waals surface area contributed by atoms with Crippen molar-refractivity contribution in [1.82, 2.24) is 10.2 Å². The first-order valence-electron chi connectivity index (χ1n) is 8.57. The van der Waals surface area contributed by atoms with Gasteiger partial charge in [-0.2, -0.15) is 0 Å². The molecule has 2 aliphatic rings. The Bertz CT molecular complexity index is 406. The summed E-state index contributed by atoms with van der Waals surface area (Å²) in [5.41, 5.74) is -0.659. The van der Waals surface area contributed by atoms with Crippen LogP contribution < -0.4 is 5.32 Å². The molecule has 0 bridgehead atoms. The van der Waals surface area contributed by atoms with Crippen LogP contribution in [0.4, 0.5) is 0 Å². The molecule has 2 fully saturated rings. The number of piperazine rings is 1. The van der Waals surface area contributed by atoms with E-state index in [2.05, 4.69) is 26.1 Å². The summed E-state index contributed by atoms with van der Waals surface area (Å²) in [4.78, 5) is 27.4. The van der Waals surface area contributed by atoms with Crippen LogP contribution in [0, 0.1) is 11.8 Å². The molecule has 1 aliphatic heterocycles. The Morgan fingerprint density at radius 2 is 1.95 bits per heavy atom. The Kier molecular flexibility index (Phi) is 4.95. The average Bonchev–Trinajstić information content (AvgIpc) is 3.25. The third-order valence-electron chi connectivity index (χ3n) is 5.01. The van der Waals surface area contributed by atoms with E-state index in [-0.39, 0.29) is 17.9 Å². The highest BCUT2D eigenvalue weighted by Crippen LogP contribution is 2.42. The lowest BCUT2D eigenvalue weighted by Crippen LogP contribution is -2.70. The molecule has 0 aromatic rings. The van der Waals surface area contributed by atoms with Gasteiger partial charge in [0.15, 0.2) is 0 Å². The third kappa shape index (κ3) is 3.24. The fraction of sp³-hybridized carbons (Fsp3) is 0.882. The molecule has 1 aliphatic carbocycles. The van der Waals surface area contributed by atoms with Crippen LogP contribution in [-0.4, -0.2) is 34.8 Å². The third-order valence-corrected chi connectivity index (χ3v) is 5.01. The lowest BCUT2D eigenvalue weighted by Gasteiger charge is -2.45. The first-order chi connectivity index (χ1) is 9.93. The van der Waals surface area contributed by atoms with Gasteiger partial charge in [-0.1, -0.05) is 33.6 Å². The molecule has 21 heavy (non-hydrogen) atoms. The number of rotatable bonds is 7. The number of nitrogens with zero attached hydrogens (tertiary/aromatic N) is 1. The summed E-state index contributed by atoms with van der Waals surface area (Å²) in [5, 5.41) is 3.04. The van der Waals surface area contributed by atoms with Crippen molar-refractivity contribution < 1.29 is 9.59 Å². The maximum atomic E-state index is 13.0. The van der Waals surface area contributed by atoms with Crippen LogP contribution in [-0.2, 0) is 9.59 Å². The van der Waals surface area contributed by atoms with E-state index in [4.69, 9.17) is 0 Å². The SMILES string of the molecule is CCCC(C)CN1C(=O)C(C)(C2CC2)NC(=O)C1CCC. The summed E-state index contributed by atoms with van der Waals surface area (Å²) < 4.78 is 0. The molecule has 0 aromatic heterocycles. The van der Waals surface area contributed by atoms with Gasteiger partial charge in [0.2, 0.25) is 11.8 Å². The van der Waals surface area contributed by atoms with E-state index in [1.807, 2.05) is 11.8 Å². The molecule has 1 saturated carbocycles. The number of carbonyl (C=O) groups is 2. The largest absolute Gasteiger partial charge is 0.340 e. The maximum Gasteiger partial charge on any atom is 0.249 e. The molecule has 0 aromatic carbocycles. The minimum Gasteiger partial charge on any atom is -0.340 e. The molecule has 0 radical (unpaired) electrons. The molecular weight excluding hydrogens is 264 g/mol. The zero-order valence-electron chi connectivity index (χ0n) is 13.9. The summed E-state index contributed by atoms with van der Waals surface area (Å²) >= 11 is 0. The van der Waals surface area contributed by atoms with Crippen molar-refractivity contribution in [1.29, 1.82) is 0 Å². The number of amides is 2. The lowest BCUT2D eigenvalue weighted by atomic mass is 9.87. The Morgan fingerprint density at radius 1 is 1.29 bits per heavy atom. The highest BCUT2D eigenvalue weighted by atomic mass is 16.2. The molecule has 2 rings (SSSR count). The van der Waals surface area contributed by atoms with Crippen LogP contribution in [0.2, 0.25) is 0 Å². The van der Waals surface area contributed by atoms with E-state index in [9.17, 15) is 9.59 Å². The van der Waals surface area contributed by atoms with Crippen LogP contribution in [0.25, 0.3) is 0 Å². The fourth-order valence-corrected chi connectivity index (χ4v) is 3.60. The molecule has 4 nitrogen and oxygen atoms in total. The van der Waals surface area contributed by atoms with Crippen LogP contribution >= 0.6 is 0 Å². The summed E-state index contributed by atoms with van der Waals surface area (Å²) in [6, 6.07) is -0.270. The Labute approximate surface area is 128 Å². The second-order valence-electron chi connectivity index (χ2n) is 7.12. The number of carbonyl (C=O) groups excluding carboxylic acids is 2. The van der Waals surface area contributed by atoms with Gasteiger partial charge in [-0.25, -0.2) is 0 Å². The van der Waals surface area contributed by atoms with E-state index >= 15 is 0 Å². The quantitative estimate of drug-likeness (QED) is 0.785. The maximum absolute atomic E-state index is 13.0. The van der Waals surface area contributed by atoms with Gasteiger partial charge in [-0.3, -0.25) is 9.59 Å². The van der Waals surface area contributed by atoms with Gasteiger partial charge >= 0.3 is 0 Å². The van der Waals surface area contributed by atoms with Gasteiger partial charge in [0.1, 0.15) is 11.6 Å². The molecule has 1 heterocycles. The van der Waals surface area contributed by atoms with E-state index < -0.39 is 5.54 Å². The average molecular weight is 294 g/mol. The first-order valence-corrected chi connectivity index (χ1v) is 8.57. The second-order valence-corrected chi connectivity index (χ2v) is 7.12. The minimum atomic E-state index is -0.659. The van der Waals surface area contributed by atoms with E-state index in [1.54, 1.807) is 0 Å². The van der Waals surface area contributed by atoms with E-state index in [0.717, 1.165) is 38.5 Å². The second kappa shape index (κ2) is 6.37. The van der Waals surface area contributed by atoms with Gasteiger partial charge in [0, 0.05) is 6.54 Å². The fourth-order valence-electron chi connectivity index (χ4n) is 3.60. The lowest BCUT2D eigenvalue weighted by molar-refractivity contribution is -0.156. The predicted octanol–water partition coefficient (Wildman–Crippen LogP) is 2.72. The van der Waals surface area contributed by atoms with Crippen LogP contribution in [0.1, 0.15) is 66.2 Å². The van der Waals surface area contributed by atoms with Crippen molar-refractivity contribution in [2.75, 3.05) is 6.54 Å². The zero-order valence-corrected chi connectivity index (χ0v) is 13.9. The van der Waals surface area contributed by atoms with Crippen LogP contribution in [0.3, 0.4) is 0 Å². The summed E-state index contributed by atoms with van der Waals surface area (Å²) in [5.74, 6) is 0.980. The highest BCUT2D eigenvalue weighted by Gasteiger charge is 2.55. The van der Waals surface area contributed by atoms with E-state index in [0.29, 0.717) is 18.4 Å². The first kappa shape index (κ1) is 16.3. The molecule has 0 spiro atoms. The summed E-state index contributed by atoms with van der Waals surface area (Å²) in [6.07, 6.45) is 6.01. The molecule has 1 saturated heterocycles. The smallest absolute Gasteiger partial charge is 0.249 e. The van der Waals surface area contributed by atoms with Gasteiger partial charge in [0.25, 0.3) is 0 Å². The molecule has 3 atom stereocenters. The zero-order chi connectivity index (χ0) is 15.6. The molecule has 2 amide bonds. The summed E-state index contributed by atoms with van der Waals surface area (Å²) in [6.45, 7) is 9.05. The number of hydrogen-bond acceptors (Lipinski definition) is 2. The standard InChI is InChI=1S/C17H30N2O2/c1-5-7-12(3)11-19-14(8-6-2)15(20)18-17(4,16(19)21)13-9-10-13/h12-14H,5-11H2,1-4H3,(H,18,20). The van der Waals surface area contributed by atoms with Crippen molar-refractivity contribution in [3.63, 3.8) is 0 Å². The minimum absolute atomic E-state index is 0.0505. The van der Waals surface area contributed by atoms with Crippen molar-refractivity contribution in [3.05, 3.63) is 0 Å². The number of hydrogen-bond donors (Lipinski definition) is 1.